The molecule has 8 heteroatoms. The van der Waals surface area contributed by atoms with Crippen LogP contribution in [0.3, 0.4) is 0 Å². The number of amides is 1. The molecule has 3 heterocycles. The van der Waals surface area contributed by atoms with Gasteiger partial charge in [-0.1, -0.05) is 0 Å². The average molecular weight is 329 g/mol. The van der Waals surface area contributed by atoms with E-state index >= 15 is 0 Å². The van der Waals surface area contributed by atoms with E-state index in [0.29, 0.717) is 11.7 Å². The van der Waals surface area contributed by atoms with E-state index in [1.807, 2.05) is 37.0 Å². The predicted octanol–water partition coefficient (Wildman–Crippen LogP) is 0.993. The minimum Gasteiger partial charge on any atom is -0.367 e. The molecule has 1 aliphatic rings. The highest BCUT2D eigenvalue weighted by Gasteiger charge is 2.25. The summed E-state index contributed by atoms with van der Waals surface area (Å²) in [6.07, 6.45) is 5.14. The van der Waals surface area contributed by atoms with Gasteiger partial charge in [0, 0.05) is 52.5 Å². The van der Waals surface area contributed by atoms with E-state index in [1.54, 1.807) is 23.3 Å². The minimum absolute atomic E-state index is 0.00554. The summed E-state index contributed by atoms with van der Waals surface area (Å²) in [6, 6.07) is 4.00. The third-order valence-corrected chi connectivity index (χ3v) is 4.18. The smallest absolute Gasteiger partial charge is 0.274 e. The molecule has 0 radical (unpaired) electrons. The first-order valence-electron chi connectivity index (χ1n) is 8.08. The van der Waals surface area contributed by atoms with Crippen LogP contribution in [0.5, 0.6) is 0 Å². The molecule has 0 atom stereocenters. The van der Waals surface area contributed by atoms with Crippen molar-refractivity contribution < 1.29 is 4.79 Å². The van der Waals surface area contributed by atoms with Gasteiger partial charge in [-0.25, -0.2) is 9.97 Å². The Morgan fingerprint density at radius 3 is 2.67 bits per heavy atom. The number of hydrogen-bond donors (Lipinski definition) is 1. The van der Waals surface area contributed by atoms with Crippen molar-refractivity contribution in [3.63, 3.8) is 0 Å². The van der Waals surface area contributed by atoms with Gasteiger partial charge < -0.3 is 15.1 Å². The molecule has 0 unspecified atom stereocenters. The monoisotopic (exact) mass is 329 g/mol. The number of nitrogens with zero attached hydrogens (tertiary/aromatic N) is 6. The van der Waals surface area contributed by atoms with Gasteiger partial charge in [-0.2, -0.15) is 5.10 Å². The number of carbonyl (C=O) groups excluding carboxylic acids is 1. The van der Waals surface area contributed by atoms with E-state index in [2.05, 4.69) is 20.4 Å². The van der Waals surface area contributed by atoms with Crippen LogP contribution < -0.4 is 10.2 Å². The first kappa shape index (κ1) is 16.2. The minimum atomic E-state index is 0.00554. The molecule has 24 heavy (non-hydrogen) atoms. The molecule has 8 nitrogen and oxygen atoms in total. The third kappa shape index (κ3) is 3.64. The Bertz CT molecular complexity index is 704. The van der Waals surface area contributed by atoms with Gasteiger partial charge in [-0.15, -0.1) is 0 Å². The summed E-state index contributed by atoms with van der Waals surface area (Å²) in [5, 5.41) is 7.63. The quantitative estimate of drug-likeness (QED) is 0.901. The molecule has 2 aromatic rings. The summed E-state index contributed by atoms with van der Waals surface area (Å²) in [6.45, 7) is 1.44. The van der Waals surface area contributed by atoms with Crippen LogP contribution in [-0.4, -0.2) is 63.8 Å². The number of aromatic nitrogens is 4. The SMILES string of the molecule is CN(C)c1cc(NC2CCN(C(=O)c3ccn(C)n3)CC2)ncn1. The van der Waals surface area contributed by atoms with Gasteiger partial charge in [-0.3, -0.25) is 9.48 Å². The lowest BCUT2D eigenvalue weighted by Crippen LogP contribution is -2.42. The maximum absolute atomic E-state index is 12.4. The number of rotatable bonds is 4. The van der Waals surface area contributed by atoms with Crippen LogP contribution in [0, 0.1) is 0 Å². The van der Waals surface area contributed by atoms with Crippen molar-refractivity contribution >= 4 is 17.5 Å². The standard InChI is InChI=1S/C16H23N7O/c1-21(2)15-10-14(17-11-18-15)19-12-4-8-23(9-5-12)16(24)13-6-7-22(3)20-13/h6-7,10-12H,4-5,8-9H2,1-3H3,(H,17,18,19). The largest absolute Gasteiger partial charge is 0.367 e. The molecule has 128 valence electrons. The molecule has 0 spiro atoms. The van der Waals surface area contributed by atoms with Gasteiger partial charge in [0.15, 0.2) is 0 Å². The maximum Gasteiger partial charge on any atom is 0.274 e. The van der Waals surface area contributed by atoms with Crippen molar-refractivity contribution in [2.24, 2.45) is 7.05 Å². The number of piperidine rings is 1. The fraction of sp³-hybridized carbons (Fsp3) is 0.500. The van der Waals surface area contributed by atoms with Gasteiger partial charge in [0.1, 0.15) is 23.7 Å². The number of nitrogens with one attached hydrogen (secondary N) is 1. The van der Waals surface area contributed by atoms with Crippen molar-refractivity contribution in [3.8, 4) is 0 Å². The Balaban J connectivity index is 1.55. The van der Waals surface area contributed by atoms with Crippen molar-refractivity contribution in [1.29, 1.82) is 0 Å². The summed E-state index contributed by atoms with van der Waals surface area (Å²) in [4.78, 5) is 24.7. The number of likely N-dealkylation sites (tertiary alicyclic amines) is 1. The molecule has 3 rings (SSSR count). The molecule has 0 saturated carbocycles. The van der Waals surface area contributed by atoms with Crippen molar-refractivity contribution in [3.05, 3.63) is 30.4 Å². The molecule has 0 aromatic carbocycles. The van der Waals surface area contributed by atoms with Crippen LogP contribution in [0.4, 0.5) is 11.6 Å². The second-order valence-corrected chi connectivity index (χ2v) is 6.24. The van der Waals surface area contributed by atoms with E-state index < -0.39 is 0 Å². The zero-order valence-corrected chi connectivity index (χ0v) is 14.3. The molecule has 0 bridgehead atoms. The highest BCUT2D eigenvalue weighted by Crippen LogP contribution is 2.18. The van der Waals surface area contributed by atoms with Crippen LogP contribution in [0.2, 0.25) is 0 Å². The molecule has 1 fully saturated rings. The number of carbonyl (C=O) groups is 1. The zero-order chi connectivity index (χ0) is 17.1. The Hall–Kier alpha value is -2.64. The van der Waals surface area contributed by atoms with Crippen molar-refractivity contribution in [2.75, 3.05) is 37.4 Å². The van der Waals surface area contributed by atoms with E-state index in [4.69, 9.17) is 0 Å². The van der Waals surface area contributed by atoms with Crippen LogP contribution in [-0.2, 0) is 7.05 Å². The first-order chi connectivity index (χ1) is 11.5. The molecule has 1 amide bonds. The van der Waals surface area contributed by atoms with Gasteiger partial charge in [0.2, 0.25) is 0 Å². The van der Waals surface area contributed by atoms with Gasteiger partial charge in [0.05, 0.1) is 0 Å². The van der Waals surface area contributed by atoms with Crippen molar-refractivity contribution in [1.82, 2.24) is 24.6 Å². The average Bonchev–Trinajstić information content (AvgIpc) is 3.01. The second-order valence-electron chi connectivity index (χ2n) is 6.24. The molecule has 1 N–H and O–H groups in total. The zero-order valence-electron chi connectivity index (χ0n) is 14.3. The van der Waals surface area contributed by atoms with Crippen LogP contribution in [0.15, 0.2) is 24.7 Å². The molecule has 2 aromatic heterocycles. The van der Waals surface area contributed by atoms with Crippen LogP contribution in [0.25, 0.3) is 0 Å². The number of hydrogen-bond acceptors (Lipinski definition) is 6. The number of aryl methyl sites for hydroxylation is 1. The summed E-state index contributed by atoms with van der Waals surface area (Å²) in [5.74, 6) is 1.70. The maximum atomic E-state index is 12.4. The molecular formula is C16H23N7O. The van der Waals surface area contributed by atoms with E-state index in [-0.39, 0.29) is 5.91 Å². The van der Waals surface area contributed by atoms with Gasteiger partial charge in [-0.05, 0) is 18.9 Å². The lowest BCUT2D eigenvalue weighted by molar-refractivity contribution is 0.0711. The molecule has 1 aliphatic heterocycles. The highest BCUT2D eigenvalue weighted by atomic mass is 16.2. The topological polar surface area (TPSA) is 79.2 Å². The molecular weight excluding hydrogens is 306 g/mol. The van der Waals surface area contributed by atoms with E-state index in [0.717, 1.165) is 37.6 Å². The van der Waals surface area contributed by atoms with E-state index in [1.165, 1.54) is 0 Å². The van der Waals surface area contributed by atoms with Gasteiger partial charge >= 0.3 is 0 Å². The Kier molecular flexibility index (Phi) is 4.64. The summed E-state index contributed by atoms with van der Waals surface area (Å²) in [5.41, 5.74) is 0.510. The van der Waals surface area contributed by atoms with E-state index in [9.17, 15) is 4.79 Å². The molecule has 1 saturated heterocycles. The fourth-order valence-electron chi connectivity index (χ4n) is 2.80. The third-order valence-electron chi connectivity index (χ3n) is 4.18. The fourth-order valence-corrected chi connectivity index (χ4v) is 2.80. The normalized spacial score (nSPS) is 15.4. The summed E-state index contributed by atoms with van der Waals surface area (Å²) >= 11 is 0. The lowest BCUT2D eigenvalue weighted by atomic mass is 10.0. The second kappa shape index (κ2) is 6.86. The predicted molar refractivity (Wildman–Crippen MR) is 92.1 cm³/mol. The first-order valence-corrected chi connectivity index (χ1v) is 8.08. The highest BCUT2D eigenvalue weighted by molar-refractivity contribution is 5.92. The van der Waals surface area contributed by atoms with Crippen LogP contribution >= 0.6 is 0 Å². The van der Waals surface area contributed by atoms with Crippen LogP contribution in [0.1, 0.15) is 23.3 Å². The molecule has 0 aliphatic carbocycles. The number of anilines is 2. The Morgan fingerprint density at radius 1 is 1.29 bits per heavy atom. The van der Waals surface area contributed by atoms with Gasteiger partial charge in [0.25, 0.3) is 5.91 Å². The Labute approximate surface area is 141 Å². The summed E-state index contributed by atoms with van der Waals surface area (Å²) < 4.78 is 1.65. The summed E-state index contributed by atoms with van der Waals surface area (Å²) in [7, 11) is 5.72. The van der Waals surface area contributed by atoms with Crippen molar-refractivity contribution in [2.45, 2.75) is 18.9 Å². The lowest BCUT2D eigenvalue weighted by Gasteiger charge is -2.32. The Morgan fingerprint density at radius 2 is 2.04 bits per heavy atom.